The molecule has 3 aromatic rings. The van der Waals surface area contributed by atoms with Crippen LogP contribution in [0.25, 0.3) is 0 Å². The summed E-state index contributed by atoms with van der Waals surface area (Å²) in [5, 5.41) is 6.95. The lowest BCUT2D eigenvalue weighted by Gasteiger charge is -2.02. The quantitative estimate of drug-likeness (QED) is 0.641. The number of esters is 1. The van der Waals surface area contributed by atoms with Crippen LogP contribution in [0.2, 0.25) is 0 Å². The first kappa shape index (κ1) is 17.3. The Kier molecular flexibility index (Phi) is 5.92. The maximum Gasteiger partial charge on any atom is 0.311 e. The van der Waals surface area contributed by atoms with Crippen LogP contribution in [0.3, 0.4) is 0 Å². The van der Waals surface area contributed by atoms with Crippen molar-refractivity contribution in [2.75, 3.05) is 11.9 Å². The van der Waals surface area contributed by atoms with Gasteiger partial charge in [0.15, 0.2) is 5.13 Å². The van der Waals surface area contributed by atoms with E-state index < -0.39 is 0 Å². The molecule has 0 spiro atoms. The second-order valence-electron chi connectivity index (χ2n) is 5.19. The van der Waals surface area contributed by atoms with Crippen LogP contribution >= 0.6 is 22.7 Å². The van der Waals surface area contributed by atoms with Crippen molar-refractivity contribution >= 4 is 39.7 Å². The highest BCUT2D eigenvalue weighted by Crippen LogP contribution is 2.17. The number of amides is 1. The molecule has 2 aromatic heterocycles. The Balaban J connectivity index is 1.46. The molecule has 2 heterocycles. The zero-order chi connectivity index (χ0) is 17.5. The second-order valence-corrected chi connectivity index (χ2v) is 7.08. The summed E-state index contributed by atoms with van der Waals surface area (Å²) in [7, 11) is 0. The highest BCUT2D eigenvalue weighted by atomic mass is 32.1. The minimum atomic E-state index is -0.317. The summed E-state index contributed by atoms with van der Waals surface area (Å²) >= 11 is 2.93. The first-order valence-electron chi connectivity index (χ1n) is 7.69. The van der Waals surface area contributed by atoms with Gasteiger partial charge in [-0.25, -0.2) is 4.98 Å². The van der Waals surface area contributed by atoms with Gasteiger partial charge in [-0.1, -0.05) is 24.3 Å². The number of carbonyl (C=O) groups is 2. The largest absolute Gasteiger partial charge is 0.465 e. The second kappa shape index (κ2) is 8.55. The predicted octanol–water partition coefficient (Wildman–Crippen LogP) is 3.79. The van der Waals surface area contributed by atoms with Crippen molar-refractivity contribution in [1.82, 2.24) is 4.98 Å². The van der Waals surface area contributed by atoms with Gasteiger partial charge in [-0.15, -0.1) is 22.7 Å². The lowest BCUT2D eigenvalue weighted by atomic mass is 10.2. The molecule has 0 bridgehead atoms. The van der Waals surface area contributed by atoms with E-state index in [9.17, 15) is 9.59 Å². The first-order valence-corrected chi connectivity index (χ1v) is 9.45. The van der Waals surface area contributed by atoms with Gasteiger partial charge in [-0.05, 0) is 23.6 Å². The van der Waals surface area contributed by atoms with Crippen LogP contribution in [-0.2, 0) is 22.4 Å². The number of thiazole rings is 1. The minimum absolute atomic E-state index is 0.0994. The van der Waals surface area contributed by atoms with Crippen LogP contribution in [-0.4, -0.2) is 23.5 Å². The number of ether oxygens (including phenoxy) is 1. The molecule has 7 heteroatoms. The number of nitrogens with zero attached hydrogens (tertiary/aromatic N) is 1. The third-order valence-corrected chi connectivity index (χ3v) is 5.07. The van der Waals surface area contributed by atoms with Crippen molar-refractivity contribution < 1.29 is 14.3 Å². The van der Waals surface area contributed by atoms with E-state index in [1.54, 1.807) is 41.0 Å². The molecule has 1 aromatic carbocycles. The molecular weight excluding hydrogens is 356 g/mol. The van der Waals surface area contributed by atoms with E-state index in [0.29, 0.717) is 23.0 Å². The fraction of sp³-hybridized carbons (Fsp3) is 0.167. The molecule has 0 aliphatic rings. The summed E-state index contributed by atoms with van der Waals surface area (Å²) in [6, 6.07) is 12.9. The van der Waals surface area contributed by atoms with Gasteiger partial charge in [0.2, 0.25) is 0 Å². The molecule has 3 rings (SSSR count). The molecule has 0 saturated carbocycles. The number of thiophene rings is 1. The Morgan fingerprint density at radius 1 is 1.08 bits per heavy atom. The number of hydrogen-bond acceptors (Lipinski definition) is 6. The molecule has 1 N–H and O–H groups in total. The van der Waals surface area contributed by atoms with Crippen molar-refractivity contribution in [2.24, 2.45) is 0 Å². The van der Waals surface area contributed by atoms with Gasteiger partial charge in [-0.3, -0.25) is 14.9 Å². The van der Waals surface area contributed by atoms with Gasteiger partial charge in [0, 0.05) is 22.2 Å². The highest BCUT2D eigenvalue weighted by Gasteiger charge is 2.12. The summed E-state index contributed by atoms with van der Waals surface area (Å²) in [4.78, 5) is 29.4. The molecule has 0 unspecified atom stereocenters. The van der Waals surface area contributed by atoms with Gasteiger partial charge in [0.05, 0.1) is 18.7 Å². The molecule has 128 valence electrons. The number of hydrogen-bond donors (Lipinski definition) is 1. The van der Waals surface area contributed by atoms with Crippen LogP contribution in [0.1, 0.15) is 20.9 Å². The summed E-state index contributed by atoms with van der Waals surface area (Å²) in [5.41, 5.74) is 1.15. The summed E-state index contributed by atoms with van der Waals surface area (Å²) in [5.74, 6) is -0.539. The van der Waals surface area contributed by atoms with Crippen molar-refractivity contribution in [3.05, 3.63) is 69.4 Å². The number of benzene rings is 1. The van der Waals surface area contributed by atoms with Crippen molar-refractivity contribution in [3.8, 4) is 0 Å². The predicted molar refractivity (Wildman–Crippen MR) is 99.2 cm³/mol. The van der Waals surface area contributed by atoms with E-state index in [-0.39, 0.29) is 18.3 Å². The number of nitrogens with one attached hydrogen (secondary N) is 1. The van der Waals surface area contributed by atoms with Crippen LogP contribution in [0.5, 0.6) is 0 Å². The number of aromatic nitrogens is 1. The zero-order valence-electron chi connectivity index (χ0n) is 13.3. The Morgan fingerprint density at radius 3 is 2.68 bits per heavy atom. The molecular formula is C18H16N2O3S2. The summed E-state index contributed by atoms with van der Waals surface area (Å²) in [6.45, 7) is 0.362. The van der Waals surface area contributed by atoms with Gasteiger partial charge in [-0.2, -0.15) is 0 Å². The SMILES string of the molecule is O=C(Cc1csc(NC(=O)c2ccccc2)n1)OCCc1cccs1. The zero-order valence-corrected chi connectivity index (χ0v) is 14.9. The Hall–Kier alpha value is -2.51. The van der Waals surface area contributed by atoms with Crippen LogP contribution in [0, 0.1) is 0 Å². The fourth-order valence-electron chi connectivity index (χ4n) is 2.12. The Labute approximate surface area is 153 Å². The third kappa shape index (κ3) is 5.23. The van der Waals surface area contributed by atoms with Crippen molar-refractivity contribution in [3.63, 3.8) is 0 Å². The third-order valence-electron chi connectivity index (χ3n) is 3.33. The van der Waals surface area contributed by atoms with Gasteiger partial charge < -0.3 is 4.74 Å². The average Bonchev–Trinajstić information content (AvgIpc) is 3.28. The molecule has 0 fully saturated rings. The van der Waals surface area contributed by atoms with Crippen molar-refractivity contribution in [1.29, 1.82) is 0 Å². The Bertz CT molecular complexity index is 829. The summed E-state index contributed by atoms with van der Waals surface area (Å²) in [6.07, 6.45) is 0.820. The van der Waals surface area contributed by atoms with E-state index in [0.717, 1.165) is 6.42 Å². The van der Waals surface area contributed by atoms with E-state index in [1.807, 2.05) is 23.6 Å². The highest BCUT2D eigenvalue weighted by molar-refractivity contribution is 7.14. The lowest BCUT2D eigenvalue weighted by molar-refractivity contribution is -0.142. The molecule has 0 aliphatic carbocycles. The van der Waals surface area contributed by atoms with Crippen molar-refractivity contribution in [2.45, 2.75) is 12.8 Å². The van der Waals surface area contributed by atoms with E-state index in [2.05, 4.69) is 10.3 Å². The molecule has 5 nitrogen and oxygen atoms in total. The van der Waals surface area contributed by atoms with Gasteiger partial charge in [0.25, 0.3) is 5.91 Å². The molecule has 1 amide bonds. The number of rotatable bonds is 7. The molecule has 0 aliphatic heterocycles. The number of carbonyl (C=O) groups excluding carboxylic acids is 2. The van der Waals surface area contributed by atoms with E-state index >= 15 is 0 Å². The van der Waals surface area contributed by atoms with Crippen LogP contribution in [0.15, 0.2) is 53.2 Å². The van der Waals surface area contributed by atoms with E-state index in [1.165, 1.54) is 16.2 Å². The standard InChI is InChI=1S/C18H16N2O3S2/c21-16(23-9-8-15-7-4-10-24-15)11-14-12-25-18(19-14)20-17(22)13-5-2-1-3-6-13/h1-7,10,12H,8-9,11H2,(H,19,20,22). The molecule has 0 saturated heterocycles. The monoisotopic (exact) mass is 372 g/mol. The maximum absolute atomic E-state index is 12.1. The summed E-state index contributed by atoms with van der Waals surface area (Å²) < 4.78 is 5.22. The van der Waals surface area contributed by atoms with Gasteiger partial charge >= 0.3 is 5.97 Å². The smallest absolute Gasteiger partial charge is 0.311 e. The topological polar surface area (TPSA) is 68.3 Å². The van der Waals surface area contributed by atoms with Crippen LogP contribution < -0.4 is 5.32 Å². The van der Waals surface area contributed by atoms with Crippen LogP contribution in [0.4, 0.5) is 5.13 Å². The molecule has 0 atom stereocenters. The average molecular weight is 372 g/mol. The van der Waals surface area contributed by atoms with E-state index in [4.69, 9.17) is 4.74 Å². The normalized spacial score (nSPS) is 10.4. The van der Waals surface area contributed by atoms with Gasteiger partial charge in [0.1, 0.15) is 0 Å². The fourth-order valence-corrected chi connectivity index (χ4v) is 3.52. The minimum Gasteiger partial charge on any atom is -0.465 e. The number of anilines is 1. The lowest BCUT2D eigenvalue weighted by Crippen LogP contribution is -2.12. The first-order chi connectivity index (χ1) is 12.2. The Morgan fingerprint density at radius 2 is 1.92 bits per heavy atom. The molecule has 0 radical (unpaired) electrons. The molecule has 25 heavy (non-hydrogen) atoms. The maximum atomic E-state index is 12.1.